The Morgan fingerprint density at radius 3 is 2.73 bits per heavy atom. The van der Waals surface area contributed by atoms with E-state index >= 15 is 0 Å². The average Bonchev–Trinajstić information content (AvgIpc) is 2.57. The minimum absolute atomic E-state index is 0.0761. The average molecular weight is 275 g/mol. The van der Waals surface area contributed by atoms with Gasteiger partial charge in [0, 0.05) is 6.42 Å². The van der Waals surface area contributed by atoms with Gasteiger partial charge in [-0.1, -0.05) is 0 Å². The third-order valence-electron chi connectivity index (χ3n) is 2.60. The largest absolute Gasteiger partial charge is 0.443 e. The molecule has 0 N–H and O–H groups in total. The lowest BCUT2D eigenvalue weighted by Gasteiger charge is -2.28. The van der Waals surface area contributed by atoms with E-state index < -0.39 is 23.2 Å². The second kappa shape index (κ2) is 3.27. The van der Waals surface area contributed by atoms with E-state index in [9.17, 15) is 14.0 Å². The number of rotatable bonds is 0. The van der Waals surface area contributed by atoms with Gasteiger partial charge in [-0.3, -0.25) is 9.59 Å². The molecule has 5 heteroatoms. The third-order valence-corrected chi connectivity index (χ3v) is 3.18. The minimum Gasteiger partial charge on any atom is -0.443 e. The van der Waals surface area contributed by atoms with Crippen LogP contribution in [0.2, 0.25) is 0 Å². The molecule has 0 aromatic heterocycles. The standard InChI is InChI=1S/C10H8BrFO3/c1-5-4-6(11)8(12)10(9(5)14)3-2-7(13)15-10/h4H,2-3H2,1H3/t10-/m0/s1. The van der Waals surface area contributed by atoms with Crippen LogP contribution in [0.5, 0.6) is 0 Å². The Balaban J connectivity index is 2.53. The van der Waals surface area contributed by atoms with Gasteiger partial charge in [-0.15, -0.1) is 0 Å². The first-order chi connectivity index (χ1) is 6.97. The molecule has 0 aromatic rings. The molecule has 2 rings (SSSR count). The van der Waals surface area contributed by atoms with Crippen LogP contribution in [-0.2, 0) is 14.3 Å². The Bertz CT molecular complexity index is 424. The molecule has 1 aliphatic carbocycles. The molecule has 80 valence electrons. The highest BCUT2D eigenvalue weighted by atomic mass is 79.9. The fourth-order valence-electron chi connectivity index (χ4n) is 1.82. The molecule has 0 bridgehead atoms. The number of carbonyl (C=O) groups excluding carboxylic acids is 2. The maximum Gasteiger partial charge on any atom is 0.307 e. The van der Waals surface area contributed by atoms with Gasteiger partial charge in [0.15, 0.2) is 5.83 Å². The summed E-state index contributed by atoms with van der Waals surface area (Å²) in [5, 5.41) is 0. The zero-order valence-electron chi connectivity index (χ0n) is 7.97. The molecule has 1 atom stereocenters. The maximum atomic E-state index is 13.8. The maximum absolute atomic E-state index is 13.8. The fourth-order valence-corrected chi connectivity index (χ4v) is 2.48. The molecular formula is C10H8BrFO3. The normalized spacial score (nSPS) is 31.0. The number of Topliss-reactive ketones (excluding diaryl/α,β-unsaturated/α-hetero) is 1. The summed E-state index contributed by atoms with van der Waals surface area (Å²) < 4.78 is 18.9. The van der Waals surface area contributed by atoms with Crippen LogP contribution in [0.25, 0.3) is 0 Å². The molecule has 0 aromatic carbocycles. The van der Waals surface area contributed by atoms with Gasteiger partial charge < -0.3 is 4.74 Å². The van der Waals surface area contributed by atoms with E-state index in [1.54, 1.807) is 6.92 Å². The van der Waals surface area contributed by atoms with Crippen molar-refractivity contribution in [2.24, 2.45) is 0 Å². The van der Waals surface area contributed by atoms with Crippen molar-refractivity contribution in [2.45, 2.75) is 25.4 Å². The Labute approximate surface area is 94.1 Å². The molecule has 1 spiro atoms. The summed E-state index contributed by atoms with van der Waals surface area (Å²) in [4.78, 5) is 22.8. The number of esters is 1. The predicted octanol–water partition coefficient (Wildman–Crippen LogP) is 2.17. The van der Waals surface area contributed by atoms with Crippen molar-refractivity contribution in [2.75, 3.05) is 0 Å². The Hall–Kier alpha value is -0.970. The number of hydrogen-bond acceptors (Lipinski definition) is 3. The molecule has 2 aliphatic rings. The van der Waals surface area contributed by atoms with Crippen molar-refractivity contribution in [3.05, 3.63) is 22.0 Å². The third kappa shape index (κ3) is 1.37. The van der Waals surface area contributed by atoms with E-state index in [2.05, 4.69) is 15.9 Å². The van der Waals surface area contributed by atoms with Crippen LogP contribution in [0.3, 0.4) is 0 Å². The zero-order chi connectivity index (χ0) is 11.2. The van der Waals surface area contributed by atoms with E-state index in [0.717, 1.165) is 0 Å². The summed E-state index contributed by atoms with van der Waals surface area (Å²) in [6, 6.07) is 0. The van der Waals surface area contributed by atoms with Gasteiger partial charge in [0.05, 0.1) is 10.9 Å². The molecule has 1 saturated heterocycles. The highest BCUT2D eigenvalue weighted by molar-refractivity contribution is 9.11. The first-order valence-corrected chi connectivity index (χ1v) is 5.27. The minimum atomic E-state index is -1.69. The van der Waals surface area contributed by atoms with Crippen LogP contribution >= 0.6 is 15.9 Å². The molecular weight excluding hydrogens is 267 g/mol. The molecule has 1 heterocycles. The highest BCUT2D eigenvalue weighted by Crippen LogP contribution is 2.43. The summed E-state index contributed by atoms with van der Waals surface area (Å²) >= 11 is 3.01. The Kier molecular flexibility index (Phi) is 2.30. The Morgan fingerprint density at radius 2 is 2.20 bits per heavy atom. The first-order valence-electron chi connectivity index (χ1n) is 4.48. The fraction of sp³-hybridized carbons (Fsp3) is 0.400. The zero-order valence-corrected chi connectivity index (χ0v) is 9.56. The van der Waals surface area contributed by atoms with E-state index in [-0.39, 0.29) is 17.3 Å². The van der Waals surface area contributed by atoms with Gasteiger partial charge in [-0.05, 0) is 34.5 Å². The summed E-state index contributed by atoms with van der Waals surface area (Å²) in [5.74, 6) is -1.70. The number of hydrogen-bond donors (Lipinski definition) is 0. The number of ketones is 1. The number of halogens is 2. The van der Waals surface area contributed by atoms with E-state index in [0.29, 0.717) is 5.57 Å². The second-order valence-electron chi connectivity index (χ2n) is 3.62. The van der Waals surface area contributed by atoms with Crippen LogP contribution in [0, 0.1) is 0 Å². The number of ether oxygens (including phenoxy) is 1. The molecule has 15 heavy (non-hydrogen) atoms. The van der Waals surface area contributed by atoms with E-state index in [4.69, 9.17) is 4.74 Å². The SMILES string of the molecule is CC1=CC(Br)=C(F)[C@@]2(CCC(=O)O2)C1=O. The summed E-state index contributed by atoms with van der Waals surface area (Å²) in [6.45, 7) is 1.57. The van der Waals surface area contributed by atoms with Crippen molar-refractivity contribution in [3.8, 4) is 0 Å². The second-order valence-corrected chi connectivity index (χ2v) is 4.47. The molecule has 0 amide bonds. The molecule has 1 fully saturated rings. The molecule has 3 nitrogen and oxygen atoms in total. The van der Waals surface area contributed by atoms with Gasteiger partial charge in [-0.2, -0.15) is 0 Å². The highest BCUT2D eigenvalue weighted by Gasteiger charge is 2.53. The predicted molar refractivity (Wildman–Crippen MR) is 53.9 cm³/mol. The van der Waals surface area contributed by atoms with Gasteiger partial charge in [-0.25, -0.2) is 4.39 Å². The Morgan fingerprint density at radius 1 is 1.53 bits per heavy atom. The van der Waals surface area contributed by atoms with Gasteiger partial charge in [0.1, 0.15) is 0 Å². The van der Waals surface area contributed by atoms with Crippen molar-refractivity contribution in [1.29, 1.82) is 0 Å². The van der Waals surface area contributed by atoms with Crippen LogP contribution < -0.4 is 0 Å². The lowest BCUT2D eigenvalue weighted by molar-refractivity contribution is -0.154. The molecule has 0 radical (unpaired) electrons. The molecule has 1 aliphatic heterocycles. The molecule has 0 saturated carbocycles. The van der Waals surface area contributed by atoms with Crippen LogP contribution in [0.4, 0.5) is 4.39 Å². The monoisotopic (exact) mass is 274 g/mol. The van der Waals surface area contributed by atoms with Crippen LogP contribution in [0.1, 0.15) is 19.8 Å². The lowest BCUT2D eigenvalue weighted by Crippen LogP contribution is -2.42. The summed E-state index contributed by atoms with van der Waals surface area (Å²) in [5.41, 5.74) is -1.30. The van der Waals surface area contributed by atoms with Gasteiger partial charge in [0.2, 0.25) is 11.4 Å². The van der Waals surface area contributed by atoms with Crippen LogP contribution in [-0.4, -0.2) is 17.4 Å². The van der Waals surface area contributed by atoms with E-state index in [1.165, 1.54) is 6.08 Å². The first kappa shape index (κ1) is 10.5. The number of allylic oxidation sites excluding steroid dienone is 2. The molecule has 0 unspecified atom stereocenters. The van der Waals surface area contributed by atoms with Gasteiger partial charge >= 0.3 is 5.97 Å². The topological polar surface area (TPSA) is 43.4 Å². The van der Waals surface area contributed by atoms with Crippen molar-refractivity contribution >= 4 is 27.7 Å². The van der Waals surface area contributed by atoms with E-state index in [1.807, 2.05) is 0 Å². The lowest BCUT2D eigenvalue weighted by atomic mass is 9.85. The van der Waals surface area contributed by atoms with Crippen molar-refractivity contribution in [1.82, 2.24) is 0 Å². The van der Waals surface area contributed by atoms with Gasteiger partial charge in [0.25, 0.3) is 0 Å². The van der Waals surface area contributed by atoms with Crippen molar-refractivity contribution < 1.29 is 18.7 Å². The quantitative estimate of drug-likeness (QED) is 0.636. The smallest absolute Gasteiger partial charge is 0.307 e. The number of carbonyl (C=O) groups is 2. The summed E-state index contributed by atoms with van der Waals surface area (Å²) in [6.07, 6.45) is 1.55. The summed E-state index contributed by atoms with van der Waals surface area (Å²) in [7, 11) is 0. The van der Waals surface area contributed by atoms with Crippen molar-refractivity contribution in [3.63, 3.8) is 0 Å². The van der Waals surface area contributed by atoms with Crippen LogP contribution in [0.15, 0.2) is 22.0 Å².